The van der Waals surface area contributed by atoms with E-state index in [0.29, 0.717) is 6.04 Å². The Balaban J connectivity index is 2.03. The molecule has 0 amide bonds. The van der Waals surface area contributed by atoms with Gasteiger partial charge >= 0.3 is 0 Å². The van der Waals surface area contributed by atoms with Crippen molar-refractivity contribution in [2.24, 2.45) is 0 Å². The zero-order valence-electron chi connectivity index (χ0n) is 12.8. The standard InChI is InChI=1S/C17H23N3O/c1-3-18-10-14-11-19-17(16-7-5-4-6-15(14)16)20-8-9-21-12-13(20)2/h4-7,11,13,18H,3,8-10,12H2,1-2H3. The van der Waals surface area contributed by atoms with Crippen LogP contribution in [0.3, 0.4) is 0 Å². The predicted molar refractivity (Wildman–Crippen MR) is 86.8 cm³/mol. The van der Waals surface area contributed by atoms with Crippen molar-refractivity contribution in [2.45, 2.75) is 26.4 Å². The molecule has 4 heteroatoms. The number of hydrogen-bond acceptors (Lipinski definition) is 4. The average molecular weight is 285 g/mol. The summed E-state index contributed by atoms with van der Waals surface area (Å²) in [6.45, 7) is 8.61. The summed E-state index contributed by atoms with van der Waals surface area (Å²) in [4.78, 5) is 7.13. The molecule has 1 atom stereocenters. The highest BCUT2D eigenvalue weighted by Crippen LogP contribution is 2.29. The van der Waals surface area contributed by atoms with E-state index in [4.69, 9.17) is 9.72 Å². The van der Waals surface area contributed by atoms with E-state index in [1.807, 2.05) is 6.20 Å². The van der Waals surface area contributed by atoms with E-state index in [9.17, 15) is 0 Å². The Hall–Kier alpha value is -1.65. The molecular weight excluding hydrogens is 262 g/mol. The maximum atomic E-state index is 5.54. The van der Waals surface area contributed by atoms with Crippen LogP contribution in [0.15, 0.2) is 30.5 Å². The molecule has 112 valence electrons. The lowest BCUT2D eigenvalue weighted by Crippen LogP contribution is -2.44. The Morgan fingerprint density at radius 1 is 1.33 bits per heavy atom. The number of ether oxygens (including phenoxy) is 1. The van der Waals surface area contributed by atoms with E-state index < -0.39 is 0 Å². The summed E-state index contributed by atoms with van der Waals surface area (Å²) in [5.74, 6) is 1.08. The quantitative estimate of drug-likeness (QED) is 0.937. The normalized spacial score (nSPS) is 19.1. The molecule has 1 saturated heterocycles. The van der Waals surface area contributed by atoms with E-state index in [0.717, 1.165) is 38.7 Å². The van der Waals surface area contributed by atoms with Crippen LogP contribution in [-0.2, 0) is 11.3 Å². The number of aromatic nitrogens is 1. The maximum absolute atomic E-state index is 5.54. The molecule has 1 fully saturated rings. The Morgan fingerprint density at radius 3 is 2.90 bits per heavy atom. The van der Waals surface area contributed by atoms with Crippen LogP contribution in [0.5, 0.6) is 0 Å². The van der Waals surface area contributed by atoms with E-state index in [-0.39, 0.29) is 0 Å². The van der Waals surface area contributed by atoms with Gasteiger partial charge in [0.25, 0.3) is 0 Å². The molecule has 1 aromatic heterocycles. The van der Waals surface area contributed by atoms with Crippen molar-refractivity contribution in [1.29, 1.82) is 0 Å². The fourth-order valence-electron chi connectivity index (χ4n) is 2.91. The van der Waals surface area contributed by atoms with Crippen molar-refractivity contribution in [1.82, 2.24) is 10.3 Å². The number of morpholine rings is 1. The highest BCUT2D eigenvalue weighted by atomic mass is 16.5. The number of benzene rings is 1. The van der Waals surface area contributed by atoms with E-state index in [1.54, 1.807) is 0 Å². The fraction of sp³-hybridized carbons (Fsp3) is 0.471. The van der Waals surface area contributed by atoms with E-state index in [2.05, 4.69) is 48.3 Å². The number of fused-ring (bicyclic) bond motifs is 1. The molecule has 0 bridgehead atoms. The average Bonchev–Trinajstić information content (AvgIpc) is 2.53. The monoisotopic (exact) mass is 285 g/mol. The lowest BCUT2D eigenvalue weighted by Gasteiger charge is -2.35. The van der Waals surface area contributed by atoms with Crippen LogP contribution in [0.2, 0.25) is 0 Å². The molecule has 0 radical (unpaired) electrons. The van der Waals surface area contributed by atoms with Gasteiger partial charge in [-0.25, -0.2) is 4.98 Å². The van der Waals surface area contributed by atoms with Crippen molar-refractivity contribution >= 4 is 16.6 Å². The number of nitrogens with zero attached hydrogens (tertiary/aromatic N) is 2. The van der Waals surface area contributed by atoms with Gasteiger partial charge in [0.2, 0.25) is 0 Å². The summed E-state index contributed by atoms with van der Waals surface area (Å²) in [5, 5.41) is 5.92. The summed E-state index contributed by atoms with van der Waals surface area (Å²) in [7, 11) is 0. The van der Waals surface area contributed by atoms with Gasteiger partial charge in [-0.15, -0.1) is 0 Å². The van der Waals surface area contributed by atoms with E-state index >= 15 is 0 Å². The van der Waals surface area contributed by atoms with Crippen LogP contribution in [0.4, 0.5) is 5.82 Å². The topological polar surface area (TPSA) is 37.4 Å². The number of nitrogens with one attached hydrogen (secondary N) is 1. The molecule has 2 aromatic rings. The summed E-state index contributed by atoms with van der Waals surface area (Å²) in [6, 6.07) is 8.93. The third-order valence-electron chi connectivity index (χ3n) is 4.06. The van der Waals surface area contributed by atoms with Crippen LogP contribution in [-0.4, -0.2) is 37.3 Å². The molecule has 0 saturated carbocycles. The molecule has 1 aromatic carbocycles. The number of hydrogen-bond donors (Lipinski definition) is 1. The van der Waals surface area contributed by atoms with Crippen LogP contribution in [0.1, 0.15) is 19.4 Å². The second kappa shape index (κ2) is 6.41. The molecule has 0 aliphatic carbocycles. The lowest BCUT2D eigenvalue weighted by molar-refractivity contribution is 0.0987. The predicted octanol–water partition coefficient (Wildman–Crippen LogP) is 2.57. The number of rotatable bonds is 4. The third-order valence-corrected chi connectivity index (χ3v) is 4.06. The minimum atomic E-state index is 0.370. The first-order chi connectivity index (χ1) is 10.3. The third kappa shape index (κ3) is 2.87. The van der Waals surface area contributed by atoms with Gasteiger partial charge in [0.15, 0.2) is 0 Å². The minimum Gasteiger partial charge on any atom is -0.377 e. The van der Waals surface area contributed by atoms with Gasteiger partial charge in [0, 0.05) is 24.7 Å². The Morgan fingerprint density at radius 2 is 2.14 bits per heavy atom. The van der Waals surface area contributed by atoms with Gasteiger partial charge in [-0.05, 0) is 24.4 Å². The molecule has 1 unspecified atom stereocenters. The smallest absolute Gasteiger partial charge is 0.136 e. The summed E-state index contributed by atoms with van der Waals surface area (Å²) in [5.41, 5.74) is 1.26. The molecule has 21 heavy (non-hydrogen) atoms. The second-order valence-corrected chi connectivity index (χ2v) is 5.55. The molecule has 1 N–H and O–H groups in total. The number of anilines is 1. The molecule has 1 aliphatic heterocycles. The maximum Gasteiger partial charge on any atom is 0.136 e. The Labute approximate surface area is 126 Å². The first kappa shape index (κ1) is 14.3. The largest absolute Gasteiger partial charge is 0.377 e. The van der Waals surface area contributed by atoms with Gasteiger partial charge < -0.3 is 15.0 Å². The van der Waals surface area contributed by atoms with Gasteiger partial charge in [0.05, 0.1) is 19.3 Å². The highest BCUT2D eigenvalue weighted by Gasteiger charge is 2.22. The number of pyridine rings is 1. The van der Waals surface area contributed by atoms with Crippen molar-refractivity contribution < 1.29 is 4.74 Å². The molecule has 4 nitrogen and oxygen atoms in total. The molecule has 0 spiro atoms. The zero-order valence-corrected chi connectivity index (χ0v) is 12.8. The summed E-state index contributed by atoms with van der Waals surface area (Å²) >= 11 is 0. The van der Waals surface area contributed by atoms with E-state index in [1.165, 1.54) is 16.3 Å². The van der Waals surface area contributed by atoms with Crippen LogP contribution < -0.4 is 10.2 Å². The zero-order chi connectivity index (χ0) is 14.7. The second-order valence-electron chi connectivity index (χ2n) is 5.55. The molecule has 3 rings (SSSR count). The highest BCUT2D eigenvalue weighted by molar-refractivity contribution is 5.94. The SMILES string of the molecule is CCNCc1cnc(N2CCOCC2C)c2ccccc12. The lowest BCUT2D eigenvalue weighted by atomic mass is 10.1. The van der Waals surface area contributed by atoms with Gasteiger partial charge in [-0.2, -0.15) is 0 Å². The Kier molecular flexibility index (Phi) is 4.36. The molecular formula is C17H23N3O. The summed E-state index contributed by atoms with van der Waals surface area (Å²) in [6.07, 6.45) is 2.02. The van der Waals surface area contributed by atoms with Gasteiger partial charge in [0.1, 0.15) is 5.82 Å². The minimum absolute atomic E-state index is 0.370. The van der Waals surface area contributed by atoms with Crippen molar-refractivity contribution in [3.8, 4) is 0 Å². The molecule has 1 aliphatic rings. The fourth-order valence-corrected chi connectivity index (χ4v) is 2.91. The Bertz CT molecular complexity index is 614. The first-order valence-corrected chi connectivity index (χ1v) is 7.73. The summed E-state index contributed by atoms with van der Waals surface area (Å²) < 4.78 is 5.54. The van der Waals surface area contributed by atoms with Crippen molar-refractivity contribution in [2.75, 3.05) is 31.2 Å². The van der Waals surface area contributed by atoms with Gasteiger partial charge in [-0.1, -0.05) is 31.2 Å². The van der Waals surface area contributed by atoms with Crippen LogP contribution in [0.25, 0.3) is 10.8 Å². The first-order valence-electron chi connectivity index (χ1n) is 7.73. The molecule has 2 heterocycles. The van der Waals surface area contributed by atoms with Crippen LogP contribution in [0, 0.1) is 0 Å². The van der Waals surface area contributed by atoms with Crippen molar-refractivity contribution in [3.63, 3.8) is 0 Å². The van der Waals surface area contributed by atoms with Crippen molar-refractivity contribution in [3.05, 3.63) is 36.0 Å². The van der Waals surface area contributed by atoms with Gasteiger partial charge in [-0.3, -0.25) is 0 Å². The van der Waals surface area contributed by atoms with Crippen LogP contribution >= 0.6 is 0 Å².